The third kappa shape index (κ3) is 2.84. The molecule has 0 atom stereocenters. The van der Waals surface area contributed by atoms with E-state index in [1.165, 1.54) is 10.6 Å². The van der Waals surface area contributed by atoms with E-state index in [0.29, 0.717) is 28.7 Å². The van der Waals surface area contributed by atoms with E-state index in [-0.39, 0.29) is 5.95 Å². The zero-order chi connectivity index (χ0) is 17.1. The molecular formula is C14H14N6O4. The van der Waals surface area contributed by atoms with Crippen molar-refractivity contribution >= 4 is 29.2 Å². The van der Waals surface area contributed by atoms with Crippen LogP contribution in [0, 0.1) is 0 Å². The summed E-state index contributed by atoms with van der Waals surface area (Å²) < 4.78 is 12.0. The Morgan fingerprint density at radius 3 is 2.79 bits per heavy atom. The fourth-order valence-corrected chi connectivity index (χ4v) is 2.13. The van der Waals surface area contributed by atoms with E-state index in [9.17, 15) is 4.79 Å². The smallest absolute Gasteiger partial charge is 0.411 e. The first-order chi connectivity index (χ1) is 11.6. The highest BCUT2D eigenvalue weighted by molar-refractivity contribution is 5.82. The molecule has 0 bridgehead atoms. The van der Waals surface area contributed by atoms with Gasteiger partial charge in [0.1, 0.15) is 11.5 Å². The second kappa shape index (κ2) is 6.28. The highest BCUT2D eigenvalue weighted by Gasteiger charge is 2.14. The van der Waals surface area contributed by atoms with Gasteiger partial charge >= 0.3 is 6.09 Å². The normalized spacial score (nSPS) is 10.4. The second-order valence-electron chi connectivity index (χ2n) is 4.61. The van der Waals surface area contributed by atoms with E-state index in [1.54, 1.807) is 38.6 Å². The van der Waals surface area contributed by atoms with Crippen molar-refractivity contribution in [3.8, 4) is 11.5 Å². The van der Waals surface area contributed by atoms with Gasteiger partial charge in [0, 0.05) is 18.5 Å². The number of nitrogens with one attached hydrogen (secondary N) is 2. The largest absolute Gasteiger partial charge is 0.497 e. The Hall–Kier alpha value is -3.56. The maximum atomic E-state index is 10.8. The predicted molar refractivity (Wildman–Crippen MR) is 85.3 cm³/mol. The molecule has 1 aromatic carbocycles. The highest BCUT2D eigenvalue weighted by Crippen LogP contribution is 2.32. The van der Waals surface area contributed by atoms with E-state index < -0.39 is 6.09 Å². The van der Waals surface area contributed by atoms with Crippen LogP contribution in [0.15, 0.2) is 30.6 Å². The molecule has 124 valence electrons. The third-order valence-electron chi connectivity index (χ3n) is 3.21. The third-order valence-corrected chi connectivity index (χ3v) is 3.21. The van der Waals surface area contributed by atoms with Crippen molar-refractivity contribution < 1.29 is 19.4 Å². The fraction of sp³-hybridized carbons (Fsp3) is 0.143. The first kappa shape index (κ1) is 15.3. The van der Waals surface area contributed by atoms with Crippen LogP contribution in [0.4, 0.5) is 22.2 Å². The zero-order valence-electron chi connectivity index (χ0n) is 12.8. The topological polar surface area (TPSA) is 123 Å². The van der Waals surface area contributed by atoms with Gasteiger partial charge in [-0.2, -0.15) is 0 Å². The van der Waals surface area contributed by atoms with Crippen LogP contribution in [0.2, 0.25) is 0 Å². The number of anilines is 3. The minimum absolute atomic E-state index is 0.0700. The summed E-state index contributed by atoms with van der Waals surface area (Å²) >= 11 is 0. The molecule has 3 rings (SSSR count). The number of benzene rings is 1. The summed E-state index contributed by atoms with van der Waals surface area (Å²) in [6.07, 6.45) is 1.82. The number of ether oxygens (including phenoxy) is 2. The molecule has 24 heavy (non-hydrogen) atoms. The van der Waals surface area contributed by atoms with Crippen molar-refractivity contribution in [3.63, 3.8) is 0 Å². The molecule has 1 amide bonds. The number of carbonyl (C=O) groups is 1. The average molecular weight is 330 g/mol. The van der Waals surface area contributed by atoms with Gasteiger partial charge in [-0.1, -0.05) is 0 Å². The molecule has 0 spiro atoms. The summed E-state index contributed by atoms with van der Waals surface area (Å²) in [4.78, 5) is 15.0. The zero-order valence-corrected chi connectivity index (χ0v) is 12.8. The lowest BCUT2D eigenvalue weighted by Crippen LogP contribution is -2.10. The first-order valence-corrected chi connectivity index (χ1v) is 6.81. The minimum Gasteiger partial charge on any atom is -0.497 e. The van der Waals surface area contributed by atoms with Crippen molar-refractivity contribution in [1.82, 2.24) is 19.6 Å². The van der Waals surface area contributed by atoms with Crippen molar-refractivity contribution in [2.75, 3.05) is 24.9 Å². The van der Waals surface area contributed by atoms with Gasteiger partial charge < -0.3 is 19.9 Å². The number of fused-ring (bicyclic) bond motifs is 1. The van der Waals surface area contributed by atoms with Gasteiger partial charge in [0.05, 0.1) is 19.9 Å². The maximum absolute atomic E-state index is 10.8. The Bertz CT molecular complexity index is 894. The van der Waals surface area contributed by atoms with Crippen LogP contribution in [-0.2, 0) is 0 Å². The van der Waals surface area contributed by atoms with E-state index in [4.69, 9.17) is 14.6 Å². The number of amides is 1. The van der Waals surface area contributed by atoms with Crippen LogP contribution in [0.5, 0.6) is 11.5 Å². The van der Waals surface area contributed by atoms with Crippen LogP contribution in [0.25, 0.3) is 5.65 Å². The average Bonchev–Trinajstić information content (AvgIpc) is 2.98. The van der Waals surface area contributed by atoms with Gasteiger partial charge in [0.15, 0.2) is 5.82 Å². The second-order valence-corrected chi connectivity index (χ2v) is 4.61. The molecule has 0 radical (unpaired) electrons. The Morgan fingerprint density at radius 2 is 2.08 bits per heavy atom. The Balaban J connectivity index is 2.02. The van der Waals surface area contributed by atoms with Crippen LogP contribution >= 0.6 is 0 Å². The minimum atomic E-state index is -1.23. The molecule has 2 aromatic heterocycles. The van der Waals surface area contributed by atoms with E-state index in [0.717, 1.165) is 0 Å². The molecule has 0 aliphatic carbocycles. The van der Waals surface area contributed by atoms with Crippen molar-refractivity contribution in [1.29, 1.82) is 0 Å². The summed E-state index contributed by atoms with van der Waals surface area (Å²) in [5.41, 5.74) is 0.972. The molecule has 0 fully saturated rings. The molecule has 10 heteroatoms. The SMILES string of the molecule is COc1ccc(OC)c(Nc2nccn3c(NC(=O)O)nnc23)c1. The molecule has 0 unspecified atom stereocenters. The molecular weight excluding hydrogens is 316 g/mol. The lowest BCUT2D eigenvalue weighted by molar-refractivity contribution is 0.209. The predicted octanol–water partition coefficient (Wildman–Crippen LogP) is 1.97. The van der Waals surface area contributed by atoms with Crippen molar-refractivity contribution in [2.45, 2.75) is 0 Å². The van der Waals surface area contributed by atoms with Crippen LogP contribution in [0.3, 0.4) is 0 Å². The lowest BCUT2D eigenvalue weighted by atomic mass is 10.2. The fourth-order valence-electron chi connectivity index (χ4n) is 2.13. The summed E-state index contributed by atoms with van der Waals surface area (Å²) in [7, 11) is 3.11. The molecule has 0 aliphatic heterocycles. The maximum Gasteiger partial charge on any atom is 0.411 e. The van der Waals surface area contributed by atoms with Crippen LogP contribution < -0.4 is 20.1 Å². The summed E-state index contributed by atoms with van der Waals surface area (Å²) in [5.74, 6) is 1.68. The van der Waals surface area contributed by atoms with Gasteiger partial charge in [0.2, 0.25) is 11.6 Å². The summed E-state index contributed by atoms with van der Waals surface area (Å²) in [6.45, 7) is 0. The molecule has 0 saturated carbocycles. The molecule has 0 aliphatic rings. The first-order valence-electron chi connectivity index (χ1n) is 6.81. The molecule has 2 heterocycles. The number of rotatable bonds is 5. The number of nitrogens with zero attached hydrogens (tertiary/aromatic N) is 4. The van der Waals surface area contributed by atoms with E-state index >= 15 is 0 Å². The Morgan fingerprint density at radius 1 is 1.25 bits per heavy atom. The van der Waals surface area contributed by atoms with Gasteiger partial charge in [-0.25, -0.2) is 9.78 Å². The lowest BCUT2D eigenvalue weighted by Gasteiger charge is -2.12. The highest BCUT2D eigenvalue weighted by atomic mass is 16.5. The van der Waals surface area contributed by atoms with Gasteiger partial charge in [-0.15, -0.1) is 10.2 Å². The van der Waals surface area contributed by atoms with Gasteiger partial charge in [0.25, 0.3) is 0 Å². The van der Waals surface area contributed by atoms with E-state index in [1.807, 2.05) is 0 Å². The quantitative estimate of drug-likeness (QED) is 0.649. The molecule has 10 nitrogen and oxygen atoms in total. The van der Waals surface area contributed by atoms with Crippen LogP contribution in [0.1, 0.15) is 0 Å². The molecule has 3 aromatic rings. The number of hydrogen-bond acceptors (Lipinski definition) is 7. The Labute approximate surface area is 136 Å². The number of aromatic nitrogens is 4. The molecule has 0 saturated heterocycles. The van der Waals surface area contributed by atoms with Gasteiger partial charge in [-0.3, -0.25) is 9.72 Å². The monoisotopic (exact) mass is 330 g/mol. The van der Waals surface area contributed by atoms with Crippen molar-refractivity contribution in [2.24, 2.45) is 0 Å². The van der Waals surface area contributed by atoms with Crippen LogP contribution in [-0.4, -0.2) is 45.0 Å². The summed E-state index contributed by atoms with van der Waals surface area (Å²) in [6, 6.07) is 5.27. The van der Waals surface area contributed by atoms with Gasteiger partial charge in [-0.05, 0) is 12.1 Å². The van der Waals surface area contributed by atoms with E-state index in [2.05, 4.69) is 25.8 Å². The number of hydrogen-bond donors (Lipinski definition) is 3. The number of carboxylic acid groups (broad SMARTS) is 1. The Kier molecular flexibility index (Phi) is 4.01. The van der Waals surface area contributed by atoms with Crippen molar-refractivity contribution in [3.05, 3.63) is 30.6 Å². The number of methoxy groups -OCH3 is 2. The standard InChI is InChI=1S/C14H14N6O4/c1-23-8-3-4-10(24-2)9(7-8)16-11-12-18-19-13(17-14(21)22)20(12)6-5-15-11/h3-7H,1-2H3,(H,15,16)(H,17,19)(H,21,22). The summed E-state index contributed by atoms with van der Waals surface area (Å²) in [5, 5.41) is 21.8. The molecule has 3 N–H and O–H groups in total.